The van der Waals surface area contributed by atoms with Crippen molar-refractivity contribution in [1.29, 1.82) is 0 Å². The second-order valence-electron chi connectivity index (χ2n) is 1.08. The molecule has 0 amide bonds. The standard InChI is InChI=1S/C4H3BrN2.HI/c5-4-3-6-1-2-7-4;/h1-3H;1H. The number of H-pyrrole nitrogens is 1. The van der Waals surface area contributed by atoms with Gasteiger partial charge in [0.05, 0.1) is 6.20 Å². The van der Waals surface area contributed by atoms with Crippen LogP contribution >= 0.6 is 15.9 Å². The second-order valence-corrected chi connectivity index (χ2v) is 1.89. The predicted molar refractivity (Wildman–Crippen MR) is 28.5 cm³/mol. The third kappa shape index (κ3) is 2.56. The molecule has 0 aliphatic rings. The largest absolute Gasteiger partial charge is 1.00 e. The van der Waals surface area contributed by atoms with E-state index in [0.717, 1.165) is 4.60 Å². The molecule has 44 valence electrons. The van der Waals surface area contributed by atoms with Gasteiger partial charge in [0.1, 0.15) is 0 Å². The molecular weight excluding hydrogens is 283 g/mol. The van der Waals surface area contributed by atoms with Crippen LogP contribution in [-0.4, -0.2) is 4.98 Å². The van der Waals surface area contributed by atoms with Gasteiger partial charge in [0, 0.05) is 0 Å². The third-order valence-corrected chi connectivity index (χ3v) is 1.00. The molecular formula is C4H4BrIN2. The van der Waals surface area contributed by atoms with Gasteiger partial charge in [0.2, 0.25) is 0 Å². The van der Waals surface area contributed by atoms with Gasteiger partial charge in [-0.25, -0.2) is 9.97 Å². The Hall–Kier alpha value is 0.290. The minimum Gasteiger partial charge on any atom is -1.00 e. The zero-order chi connectivity index (χ0) is 5.11. The van der Waals surface area contributed by atoms with Gasteiger partial charge < -0.3 is 24.0 Å². The Labute approximate surface area is 72.9 Å². The molecule has 0 unspecified atom stereocenters. The Morgan fingerprint density at radius 1 is 1.62 bits per heavy atom. The molecule has 1 N–H and O–H groups in total. The van der Waals surface area contributed by atoms with Crippen LogP contribution in [0.3, 0.4) is 0 Å². The van der Waals surface area contributed by atoms with Gasteiger partial charge in [-0.3, -0.25) is 0 Å². The third-order valence-electron chi connectivity index (χ3n) is 0.571. The van der Waals surface area contributed by atoms with Crippen LogP contribution in [0, 0.1) is 0 Å². The lowest BCUT2D eigenvalue weighted by Gasteiger charge is -1.73. The quantitative estimate of drug-likeness (QED) is 0.491. The summed E-state index contributed by atoms with van der Waals surface area (Å²) < 4.78 is 0.829. The Balaban J connectivity index is 0.000000490. The Bertz CT molecular complexity index is 144. The van der Waals surface area contributed by atoms with E-state index in [9.17, 15) is 0 Å². The van der Waals surface area contributed by atoms with Crippen molar-refractivity contribution < 1.29 is 29.0 Å². The topological polar surface area (TPSA) is 27.0 Å². The fourth-order valence-electron chi connectivity index (χ4n) is 0.306. The normalized spacial score (nSPS) is 7.62. The molecule has 1 heterocycles. The lowest BCUT2D eigenvalue weighted by Crippen LogP contribution is -3.00. The van der Waals surface area contributed by atoms with Crippen molar-refractivity contribution in [3.63, 3.8) is 0 Å². The summed E-state index contributed by atoms with van der Waals surface area (Å²) in [5.74, 6) is 0. The summed E-state index contributed by atoms with van der Waals surface area (Å²) in [7, 11) is 0. The van der Waals surface area contributed by atoms with Crippen molar-refractivity contribution in [1.82, 2.24) is 4.98 Å². The van der Waals surface area contributed by atoms with Crippen molar-refractivity contribution in [2.75, 3.05) is 0 Å². The van der Waals surface area contributed by atoms with Crippen molar-refractivity contribution in [3.05, 3.63) is 23.2 Å². The molecule has 0 saturated heterocycles. The van der Waals surface area contributed by atoms with Crippen LogP contribution in [0.4, 0.5) is 0 Å². The van der Waals surface area contributed by atoms with Crippen LogP contribution in [0.15, 0.2) is 23.2 Å². The molecule has 8 heavy (non-hydrogen) atoms. The van der Waals surface area contributed by atoms with Crippen LogP contribution in [0.2, 0.25) is 0 Å². The molecule has 0 bridgehead atoms. The van der Waals surface area contributed by atoms with Gasteiger partial charge in [-0.1, -0.05) is 0 Å². The SMILES string of the molecule is Brc1c[nH+]ccn1.[I-]. The molecule has 0 radical (unpaired) electrons. The first-order valence-electron chi connectivity index (χ1n) is 1.87. The molecule has 2 nitrogen and oxygen atoms in total. The molecule has 0 fully saturated rings. The van der Waals surface area contributed by atoms with Gasteiger partial charge in [-0.15, -0.1) is 0 Å². The van der Waals surface area contributed by atoms with Crippen molar-refractivity contribution >= 4 is 15.9 Å². The molecule has 0 aromatic carbocycles. The lowest BCUT2D eigenvalue weighted by atomic mass is 10.8. The van der Waals surface area contributed by atoms with E-state index in [1.165, 1.54) is 0 Å². The van der Waals surface area contributed by atoms with E-state index in [4.69, 9.17) is 0 Å². The summed E-state index contributed by atoms with van der Waals surface area (Å²) in [5, 5.41) is 0. The molecule has 1 aromatic rings. The van der Waals surface area contributed by atoms with E-state index in [0.29, 0.717) is 0 Å². The summed E-state index contributed by atoms with van der Waals surface area (Å²) >= 11 is 3.17. The van der Waals surface area contributed by atoms with Gasteiger partial charge in [-0.05, 0) is 15.9 Å². The molecule has 0 spiro atoms. The number of aromatic nitrogens is 2. The molecule has 0 aliphatic heterocycles. The summed E-state index contributed by atoms with van der Waals surface area (Å²) in [5.41, 5.74) is 0. The Morgan fingerprint density at radius 3 is 2.62 bits per heavy atom. The molecule has 0 aliphatic carbocycles. The number of nitrogens with zero attached hydrogens (tertiary/aromatic N) is 1. The maximum atomic E-state index is 3.86. The number of rotatable bonds is 0. The summed E-state index contributed by atoms with van der Waals surface area (Å²) in [6, 6.07) is 0. The Morgan fingerprint density at radius 2 is 2.38 bits per heavy atom. The maximum Gasteiger partial charge on any atom is 0.200 e. The summed E-state index contributed by atoms with van der Waals surface area (Å²) in [4.78, 5) is 6.72. The van der Waals surface area contributed by atoms with Crippen LogP contribution in [-0.2, 0) is 0 Å². The average molecular weight is 287 g/mol. The molecule has 1 rings (SSSR count). The Kier molecular flexibility index (Phi) is 4.35. The monoisotopic (exact) mass is 286 g/mol. The van der Waals surface area contributed by atoms with E-state index in [1.54, 1.807) is 18.6 Å². The van der Waals surface area contributed by atoms with Crippen LogP contribution < -0.4 is 29.0 Å². The smallest absolute Gasteiger partial charge is 0.200 e. The predicted octanol–water partition coefficient (Wildman–Crippen LogP) is -2.34. The highest BCUT2D eigenvalue weighted by Gasteiger charge is 1.83. The first kappa shape index (κ1) is 8.29. The van der Waals surface area contributed by atoms with Crippen LogP contribution in [0.5, 0.6) is 0 Å². The number of hydrogen-bond acceptors (Lipinski definition) is 1. The highest BCUT2D eigenvalue weighted by atomic mass is 127. The minimum absolute atomic E-state index is 0. The minimum atomic E-state index is 0. The zero-order valence-corrected chi connectivity index (χ0v) is 7.68. The summed E-state index contributed by atoms with van der Waals surface area (Å²) in [6.45, 7) is 0. The number of nitrogens with one attached hydrogen (secondary N) is 1. The fraction of sp³-hybridized carbons (Fsp3) is 0. The fourth-order valence-corrected chi connectivity index (χ4v) is 0.556. The zero-order valence-electron chi connectivity index (χ0n) is 3.94. The first-order chi connectivity index (χ1) is 3.39. The average Bonchev–Trinajstić information content (AvgIpc) is 1.69. The van der Waals surface area contributed by atoms with Gasteiger partial charge in [0.25, 0.3) is 0 Å². The number of halogens is 2. The van der Waals surface area contributed by atoms with Gasteiger partial charge in [0.15, 0.2) is 17.0 Å². The highest BCUT2D eigenvalue weighted by Crippen LogP contribution is 1.95. The van der Waals surface area contributed by atoms with E-state index in [-0.39, 0.29) is 24.0 Å². The lowest BCUT2D eigenvalue weighted by molar-refractivity contribution is -0.379. The molecule has 0 saturated carbocycles. The van der Waals surface area contributed by atoms with E-state index in [2.05, 4.69) is 25.9 Å². The number of aromatic amines is 1. The van der Waals surface area contributed by atoms with Gasteiger partial charge in [-0.2, -0.15) is 0 Å². The van der Waals surface area contributed by atoms with Crippen LogP contribution in [0.25, 0.3) is 0 Å². The highest BCUT2D eigenvalue weighted by molar-refractivity contribution is 9.10. The van der Waals surface area contributed by atoms with Gasteiger partial charge >= 0.3 is 0 Å². The first-order valence-corrected chi connectivity index (χ1v) is 2.66. The van der Waals surface area contributed by atoms with E-state index < -0.39 is 0 Å². The van der Waals surface area contributed by atoms with Crippen molar-refractivity contribution in [2.45, 2.75) is 0 Å². The van der Waals surface area contributed by atoms with E-state index in [1.807, 2.05) is 0 Å². The van der Waals surface area contributed by atoms with Crippen LogP contribution in [0.1, 0.15) is 0 Å². The second kappa shape index (κ2) is 4.20. The van der Waals surface area contributed by atoms with Crippen molar-refractivity contribution in [2.24, 2.45) is 0 Å². The molecule has 0 atom stereocenters. The molecule has 4 heteroatoms. The molecule has 1 aromatic heterocycles. The number of hydrogen-bond donors (Lipinski definition) is 0. The van der Waals surface area contributed by atoms with E-state index >= 15 is 0 Å². The van der Waals surface area contributed by atoms with Crippen molar-refractivity contribution in [3.8, 4) is 0 Å². The maximum absolute atomic E-state index is 3.86. The summed E-state index contributed by atoms with van der Waals surface area (Å²) in [6.07, 6.45) is 5.20.